The van der Waals surface area contributed by atoms with Gasteiger partial charge in [0.25, 0.3) is 0 Å². The quantitative estimate of drug-likeness (QED) is 0.271. The second-order valence-corrected chi connectivity index (χ2v) is 10.5. The molecule has 7 heteroatoms. The lowest BCUT2D eigenvalue weighted by atomic mass is 9.99. The fourth-order valence-electron chi connectivity index (χ4n) is 5.37. The molecule has 2 aliphatic heterocycles. The number of aliphatic imine (C=N–C) groups is 1. The van der Waals surface area contributed by atoms with Crippen molar-refractivity contribution in [3.63, 3.8) is 0 Å². The second kappa shape index (κ2) is 13.9. The van der Waals surface area contributed by atoms with Crippen molar-refractivity contribution in [1.29, 1.82) is 0 Å². The van der Waals surface area contributed by atoms with Crippen LogP contribution in [-0.2, 0) is 19.5 Å². The third-order valence-electron chi connectivity index (χ3n) is 7.64. The number of hydrogen-bond donors (Lipinski definition) is 1. The number of fused-ring (bicyclic) bond motifs is 1. The zero-order valence-electron chi connectivity index (χ0n) is 25.1. The summed E-state index contributed by atoms with van der Waals surface area (Å²) in [6.07, 6.45) is 4.79. The molecule has 5 rings (SSSR count). The average molecular weight is 564 g/mol. The number of nitrogens with zero attached hydrogens (tertiary/aromatic N) is 4. The third kappa shape index (κ3) is 7.03. The summed E-state index contributed by atoms with van der Waals surface area (Å²) < 4.78 is 10.8. The molecule has 0 saturated heterocycles. The maximum absolute atomic E-state index is 5.40. The van der Waals surface area contributed by atoms with Crippen molar-refractivity contribution < 1.29 is 9.47 Å². The van der Waals surface area contributed by atoms with E-state index in [4.69, 9.17) is 19.6 Å². The molecule has 0 unspecified atom stereocenters. The van der Waals surface area contributed by atoms with E-state index in [1.807, 2.05) is 30.3 Å². The average Bonchev–Trinajstić information content (AvgIpc) is 3.36. The van der Waals surface area contributed by atoms with Gasteiger partial charge in [0.05, 0.1) is 32.0 Å². The van der Waals surface area contributed by atoms with Crippen LogP contribution in [0.1, 0.15) is 43.4 Å². The molecule has 0 aliphatic carbocycles. The topological polar surface area (TPSA) is 61.7 Å². The monoisotopic (exact) mass is 563 g/mol. The highest BCUT2D eigenvalue weighted by molar-refractivity contribution is 6.27. The molecule has 2 aliphatic rings. The lowest BCUT2D eigenvalue weighted by Gasteiger charge is -2.31. The first kappa shape index (κ1) is 29.0. The van der Waals surface area contributed by atoms with Crippen LogP contribution in [-0.4, -0.2) is 48.8 Å². The predicted molar refractivity (Wildman–Crippen MR) is 171 cm³/mol. The standard InChI is InChI=1S/C35H41N5O2/c1-5-10-33(36-21-19-27-13-9-14-31(23-27)42-4)37-35-34-26(2)39(24-29-15-17-30(41-3)18-16-29)22-20-32(34)38-40(35)25-28-11-7-6-8-12-28/h6-18,23,36H,5,19-22,24-25H2,1-4H3/b33-10+,37-35+. The molecule has 1 N–H and O–H groups in total. The molecule has 3 aromatic rings. The highest BCUT2D eigenvalue weighted by Crippen LogP contribution is 2.31. The van der Waals surface area contributed by atoms with E-state index in [-0.39, 0.29) is 0 Å². The molecule has 0 aromatic heterocycles. The number of rotatable bonds is 12. The van der Waals surface area contributed by atoms with Gasteiger partial charge in [0, 0.05) is 31.8 Å². The summed E-state index contributed by atoms with van der Waals surface area (Å²) in [6, 6.07) is 27.0. The van der Waals surface area contributed by atoms with E-state index in [0.29, 0.717) is 6.54 Å². The largest absolute Gasteiger partial charge is 0.497 e. The molecular formula is C35H41N5O2. The first-order valence-electron chi connectivity index (χ1n) is 14.7. The molecule has 0 atom stereocenters. The summed E-state index contributed by atoms with van der Waals surface area (Å²) >= 11 is 0. The Morgan fingerprint density at radius 2 is 1.64 bits per heavy atom. The normalized spacial score (nSPS) is 16.0. The Balaban J connectivity index is 1.42. The highest BCUT2D eigenvalue weighted by atomic mass is 16.5. The van der Waals surface area contributed by atoms with E-state index in [1.54, 1.807) is 14.2 Å². The van der Waals surface area contributed by atoms with Crippen molar-refractivity contribution in [1.82, 2.24) is 15.2 Å². The number of hydrogen-bond acceptors (Lipinski definition) is 6. The van der Waals surface area contributed by atoms with Crippen LogP contribution in [0.5, 0.6) is 11.5 Å². The van der Waals surface area contributed by atoms with Crippen molar-refractivity contribution in [3.05, 3.63) is 119 Å². The van der Waals surface area contributed by atoms with Gasteiger partial charge in [-0.2, -0.15) is 5.10 Å². The number of hydrazone groups is 1. The van der Waals surface area contributed by atoms with Crippen molar-refractivity contribution in [3.8, 4) is 11.5 Å². The van der Waals surface area contributed by atoms with Gasteiger partial charge in [0.1, 0.15) is 17.3 Å². The Kier molecular flexibility index (Phi) is 9.59. The first-order chi connectivity index (χ1) is 20.6. The van der Waals surface area contributed by atoms with Crippen LogP contribution < -0.4 is 14.8 Å². The van der Waals surface area contributed by atoms with Crippen LogP contribution in [0.4, 0.5) is 0 Å². The maximum Gasteiger partial charge on any atom is 0.162 e. The van der Waals surface area contributed by atoms with Gasteiger partial charge < -0.3 is 19.7 Å². The molecule has 3 aromatic carbocycles. The van der Waals surface area contributed by atoms with Gasteiger partial charge in [-0.1, -0.05) is 61.5 Å². The van der Waals surface area contributed by atoms with Gasteiger partial charge in [-0.25, -0.2) is 10.0 Å². The predicted octanol–water partition coefficient (Wildman–Crippen LogP) is 6.54. The fraction of sp³-hybridized carbons (Fsp3) is 0.314. The van der Waals surface area contributed by atoms with Crippen molar-refractivity contribution >= 4 is 11.5 Å². The highest BCUT2D eigenvalue weighted by Gasteiger charge is 2.34. The van der Waals surface area contributed by atoms with E-state index in [9.17, 15) is 0 Å². The molecule has 0 amide bonds. The number of methoxy groups -OCH3 is 2. The van der Waals surface area contributed by atoms with E-state index in [1.165, 1.54) is 22.4 Å². The van der Waals surface area contributed by atoms with Crippen molar-refractivity contribution in [2.24, 2.45) is 10.1 Å². The van der Waals surface area contributed by atoms with E-state index >= 15 is 0 Å². The Hall–Kier alpha value is -4.52. The summed E-state index contributed by atoms with van der Waals surface area (Å²) in [4.78, 5) is 7.70. The van der Waals surface area contributed by atoms with Gasteiger partial charge in [-0.15, -0.1) is 0 Å². The van der Waals surface area contributed by atoms with Gasteiger partial charge in [-0.3, -0.25) is 0 Å². The van der Waals surface area contributed by atoms with Gasteiger partial charge in [0.15, 0.2) is 5.84 Å². The summed E-state index contributed by atoms with van der Waals surface area (Å²) in [5.41, 5.74) is 7.13. The zero-order chi connectivity index (χ0) is 29.3. The minimum absolute atomic E-state index is 0.668. The van der Waals surface area contributed by atoms with Crippen molar-refractivity contribution in [2.45, 2.75) is 46.2 Å². The van der Waals surface area contributed by atoms with Crippen LogP contribution in [0.3, 0.4) is 0 Å². The molecular weight excluding hydrogens is 522 g/mol. The Bertz CT molecular complexity index is 1470. The third-order valence-corrected chi connectivity index (χ3v) is 7.64. The lowest BCUT2D eigenvalue weighted by Crippen LogP contribution is -2.33. The second-order valence-electron chi connectivity index (χ2n) is 10.5. The Morgan fingerprint density at radius 1 is 0.905 bits per heavy atom. The van der Waals surface area contributed by atoms with Crippen LogP contribution in [0.25, 0.3) is 0 Å². The summed E-state index contributed by atoms with van der Waals surface area (Å²) in [7, 11) is 3.40. The molecule has 2 heterocycles. The Morgan fingerprint density at radius 3 is 2.38 bits per heavy atom. The number of benzene rings is 3. The molecule has 0 saturated carbocycles. The maximum atomic E-state index is 5.40. The van der Waals surface area contributed by atoms with Crippen LogP contribution in [0.15, 0.2) is 112 Å². The van der Waals surface area contributed by atoms with Crippen LogP contribution >= 0.6 is 0 Å². The molecule has 0 radical (unpaired) electrons. The molecule has 0 bridgehead atoms. The van der Waals surface area contributed by atoms with E-state index in [2.05, 4.69) is 83.7 Å². The first-order valence-corrected chi connectivity index (χ1v) is 14.7. The minimum atomic E-state index is 0.668. The van der Waals surface area contributed by atoms with Gasteiger partial charge in [0.2, 0.25) is 0 Å². The number of nitrogens with one attached hydrogen (secondary N) is 1. The van der Waals surface area contributed by atoms with Crippen LogP contribution in [0, 0.1) is 0 Å². The molecule has 218 valence electrons. The smallest absolute Gasteiger partial charge is 0.162 e. The fourth-order valence-corrected chi connectivity index (χ4v) is 5.37. The van der Waals surface area contributed by atoms with Crippen molar-refractivity contribution in [2.75, 3.05) is 27.3 Å². The lowest BCUT2D eigenvalue weighted by molar-refractivity contribution is 0.340. The number of allylic oxidation sites excluding steroid dienone is 2. The zero-order valence-corrected chi connectivity index (χ0v) is 25.1. The summed E-state index contributed by atoms with van der Waals surface area (Å²) in [5.74, 6) is 3.53. The Labute approximate surface area is 249 Å². The number of amidine groups is 1. The van der Waals surface area contributed by atoms with E-state index in [0.717, 1.165) is 73.3 Å². The van der Waals surface area contributed by atoms with Gasteiger partial charge in [-0.05, 0) is 66.8 Å². The van der Waals surface area contributed by atoms with Gasteiger partial charge >= 0.3 is 0 Å². The SMILES string of the molecule is CC/C=C(/N=C1\C2=C(C)N(Cc3ccc(OC)cc3)CCC2=NN1Cc1ccccc1)NCCc1cccc(OC)c1. The summed E-state index contributed by atoms with van der Waals surface area (Å²) in [6.45, 7) is 7.53. The molecule has 0 spiro atoms. The summed E-state index contributed by atoms with van der Waals surface area (Å²) in [5, 5.41) is 10.8. The molecule has 0 fully saturated rings. The molecule has 42 heavy (non-hydrogen) atoms. The minimum Gasteiger partial charge on any atom is -0.497 e. The van der Waals surface area contributed by atoms with Crippen LogP contribution in [0.2, 0.25) is 0 Å². The molecule has 7 nitrogen and oxygen atoms in total. The number of ether oxygens (including phenoxy) is 2. The van der Waals surface area contributed by atoms with E-state index < -0.39 is 0 Å².